The van der Waals surface area contributed by atoms with Gasteiger partial charge in [0.15, 0.2) is 0 Å². The van der Waals surface area contributed by atoms with Gasteiger partial charge in [-0.25, -0.2) is 0 Å². The number of aromatic hydroxyl groups is 1. The van der Waals surface area contributed by atoms with Crippen LogP contribution in [0.1, 0.15) is 16.8 Å². The van der Waals surface area contributed by atoms with Gasteiger partial charge in [-0.05, 0) is 16.9 Å². The first-order valence-corrected chi connectivity index (χ1v) is 8.07. The van der Waals surface area contributed by atoms with Crippen LogP contribution in [0.25, 0.3) is 0 Å². The lowest BCUT2D eigenvalue weighted by Gasteiger charge is -2.19. The molecule has 0 aliphatic carbocycles. The lowest BCUT2D eigenvalue weighted by molar-refractivity contribution is 0.469. The van der Waals surface area contributed by atoms with Crippen molar-refractivity contribution in [1.82, 2.24) is 0 Å². The van der Waals surface area contributed by atoms with E-state index >= 15 is 0 Å². The maximum absolute atomic E-state index is 10.2. The Kier molecular flexibility index (Phi) is 4.33. The molecule has 0 amide bonds. The summed E-state index contributed by atoms with van der Waals surface area (Å²) in [4.78, 5) is 0. The highest BCUT2D eigenvalue weighted by Gasteiger charge is 2.17. The molecule has 0 saturated carbocycles. The largest absolute Gasteiger partial charge is 0.508 e. The second-order valence-corrected chi connectivity index (χ2v) is 6.36. The van der Waals surface area contributed by atoms with Crippen molar-refractivity contribution in [3.63, 3.8) is 0 Å². The van der Waals surface area contributed by atoms with Crippen molar-refractivity contribution in [3.8, 4) is 5.75 Å². The molecule has 1 N–H and O–H groups in total. The number of rotatable bonds is 4. The molecule has 104 valence electrons. The Balaban J connectivity index is 2.02. The lowest BCUT2D eigenvalue weighted by atomic mass is 10.0. The summed E-state index contributed by atoms with van der Waals surface area (Å²) in [6.07, 6.45) is 0. The maximum Gasteiger partial charge on any atom is 0.119 e. The van der Waals surface area contributed by atoms with Crippen molar-refractivity contribution in [2.24, 2.45) is 0 Å². The Morgan fingerprint density at radius 3 is 1.90 bits per heavy atom. The summed E-state index contributed by atoms with van der Waals surface area (Å²) < 4.78 is 0. The Bertz CT molecular complexity index is 695. The minimum atomic E-state index is 0.190. The van der Waals surface area contributed by atoms with Gasteiger partial charge >= 0.3 is 0 Å². The van der Waals surface area contributed by atoms with E-state index in [9.17, 15) is 5.11 Å². The Hall–Kier alpha value is -2.11. The van der Waals surface area contributed by atoms with Crippen LogP contribution in [0.15, 0.2) is 84.9 Å². The second kappa shape index (κ2) is 6.56. The van der Waals surface area contributed by atoms with Crippen LogP contribution in [0, 0.1) is 0 Å². The number of benzene rings is 3. The molecule has 0 spiro atoms. The maximum atomic E-state index is 10.2. The van der Waals surface area contributed by atoms with Gasteiger partial charge in [0.1, 0.15) is 5.75 Å². The third-order valence-electron chi connectivity index (χ3n) is 3.47. The molecule has 0 radical (unpaired) electrons. The predicted octanol–water partition coefficient (Wildman–Crippen LogP) is 4.49. The molecule has 0 aliphatic heterocycles. The molecule has 3 rings (SSSR count). The van der Waals surface area contributed by atoms with E-state index in [1.807, 2.05) is 30.3 Å². The monoisotopic (exact) mass is 292 g/mol. The van der Waals surface area contributed by atoms with E-state index in [0.717, 1.165) is 5.56 Å². The molecule has 1 nitrogen and oxygen atoms in total. The van der Waals surface area contributed by atoms with Crippen LogP contribution in [-0.2, 0) is 0 Å². The molecular formula is C19H17OP. The van der Waals surface area contributed by atoms with Gasteiger partial charge < -0.3 is 5.11 Å². The van der Waals surface area contributed by atoms with Crippen LogP contribution in [0.5, 0.6) is 5.75 Å². The number of para-hydroxylation sites is 1. The summed E-state index contributed by atoms with van der Waals surface area (Å²) in [6.45, 7) is 0. The molecule has 2 atom stereocenters. The minimum absolute atomic E-state index is 0.190. The molecule has 0 saturated heterocycles. The molecule has 0 aromatic heterocycles. The molecule has 3 aromatic rings. The summed E-state index contributed by atoms with van der Waals surface area (Å²) >= 11 is 0. The SMILES string of the molecule is Oc1ccccc1C(Pc1ccccc1)c1ccccc1. The smallest absolute Gasteiger partial charge is 0.119 e. The zero-order valence-electron chi connectivity index (χ0n) is 11.6. The molecule has 0 bridgehead atoms. The van der Waals surface area contributed by atoms with Gasteiger partial charge in [-0.1, -0.05) is 87.4 Å². The van der Waals surface area contributed by atoms with Crippen LogP contribution in [0.2, 0.25) is 0 Å². The number of hydrogen-bond acceptors (Lipinski definition) is 1. The fourth-order valence-electron chi connectivity index (χ4n) is 2.42. The van der Waals surface area contributed by atoms with Crippen LogP contribution < -0.4 is 5.30 Å². The van der Waals surface area contributed by atoms with Crippen molar-refractivity contribution in [2.75, 3.05) is 0 Å². The summed E-state index contributed by atoms with van der Waals surface area (Å²) in [7, 11) is 0.587. The van der Waals surface area contributed by atoms with E-state index in [-0.39, 0.29) is 5.66 Å². The highest BCUT2D eigenvalue weighted by atomic mass is 31.1. The fourth-order valence-corrected chi connectivity index (χ4v) is 3.90. The van der Waals surface area contributed by atoms with Crippen molar-refractivity contribution in [3.05, 3.63) is 96.1 Å². The van der Waals surface area contributed by atoms with Crippen molar-refractivity contribution in [1.29, 1.82) is 0 Å². The van der Waals surface area contributed by atoms with Crippen LogP contribution in [0.4, 0.5) is 0 Å². The Morgan fingerprint density at radius 2 is 1.24 bits per heavy atom. The summed E-state index contributed by atoms with van der Waals surface area (Å²) in [6, 6.07) is 28.5. The van der Waals surface area contributed by atoms with Crippen molar-refractivity contribution < 1.29 is 5.11 Å². The van der Waals surface area contributed by atoms with E-state index in [2.05, 4.69) is 48.5 Å². The first kappa shape index (κ1) is 13.9. The average Bonchev–Trinajstić information content (AvgIpc) is 2.55. The Morgan fingerprint density at radius 1 is 0.667 bits per heavy atom. The first-order chi connectivity index (χ1) is 10.3. The quantitative estimate of drug-likeness (QED) is 0.703. The minimum Gasteiger partial charge on any atom is -0.508 e. The van der Waals surface area contributed by atoms with Crippen LogP contribution in [-0.4, -0.2) is 5.11 Å². The highest BCUT2D eigenvalue weighted by molar-refractivity contribution is 7.47. The molecule has 0 fully saturated rings. The molecule has 0 heterocycles. The van der Waals surface area contributed by atoms with Gasteiger partial charge in [-0.15, -0.1) is 0 Å². The van der Waals surface area contributed by atoms with E-state index in [4.69, 9.17) is 0 Å². The summed E-state index contributed by atoms with van der Waals surface area (Å²) in [5.41, 5.74) is 2.42. The van der Waals surface area contributed by atoms with E-state index in [1.54, 1.807) is 6.07 Å². The lowest BCUT2D eigenvalue weighted by Crippen LogP contribution is -2.02. The molecule has 3 aromatic carbocycles. The van der Waals surface area contributed by atoms with Gasteiger partial charge in [0.05, 0.1) is 0 Å². The number of phenolic OH excluding ortho intramolecular Hbond substituents is 1. The standard InChI is InChI=1S/C19H17OP/c20-18-14-8-7-13-17(18)19(15-9-3-1-4-10-15)21-16-11-5-2-6-12-16/h1-14,19-21H. The second-order valence-electron chi connectivity index (χ2n) is 4.91. The van der Waals surface area contributed by atoms with E-state index in [0.29, 0.717) is 14.3 Å². The van der Waals surface area contributed by atoms with E-state index < -0.39 is 0 Å². The molecular weight excluding hydrogens is 275 g/mol. The molecule has 2 heteroatoms. The van der Waals surface area contributed by atoms with Crippen molar-refractivity contribution in [2.45, 2.75) is 5.66 Å². The van der Waals surface area contributed by atoms with Gasteiger partial charge in [-0.3, -0.25) is 0 Å². The van der Waals surface area contributed by atoms with Crippen LogP contribution >= 0.6 is 8.58 Å². The van der Waals surface area contributed by atoms with Gasteiger partial charge in [0, 0.05) is 11.2 Å². The zero-order valence-corrected chi connectivity index (χ0v) is 12.6. The topological polar surface area (TPSA) is 20.2 Å². The molecule has 21 heavy (non-hydrogen) atoms. The molecule has 0 aliphatic rings. The first-order valence-electron chi connectivity index (χ1n) is 6.99. The Labute approximate surface area is 127 Å². The number of phenols is 1. The fraction of sp³-hybridized carbons (Fsp3) is 0.0526. The predicted molar refractivity (Wildman–Crippen MR) is 90.8 cm³/mol. The van der Waals surface area contributed by atoms with Crippen molar-refractivity contribution >= 4 is 13.9 Å². The van der Waals surface area contributed by atoms with Crippen LogP contribution in [0.3, 0.4) is 0 Å². The highest BCUT2D eigenvalue weighted by Crippen LogP contribution is 2.43. The third-order valence-corrected chi connectivity index (χ3v) is 5.07. The van der Waals surface area contributed by atoms with Gasteiger partial charge in [0.2, 0.25) is 0 Å². The summed E-state index contributed by atoms with van der Waals surface area (Å²) in [5, 5.41) is 11.5. The number of hydrogen-bond donors (Lipinski definition) is 1. The zero-order chi connectivity index (χ0) is 14.5. The third kappa shape index (κ3) is 3.32. The average molecular weight is 292 g/mol. The van der Waals surface area contributed by atoms with Gasteiger partial charge in [-0.2, -0.15) is 0 Å². The molecule has 2 unspecified atom stereocenters. The normalized spacial score (nSPS) is 12.6. The van der Waals surface area contributed by atoms with Gasteiger partial charge in [0.25, 0.3) is 0 Å². The van der Waals surface area contributed by atoms with E-state index in [1.165, 1.54) is 10.9 Å². The summed E-state index contributed by atoms with van der Waals surface area (Å²) in [5.74, 6) is 0.370.